The van der Waals surface area contributed by atoms with E-state index in [1.54, 1.807) is 6.08 Å². The number of amides is 1. The van der Waals surface area contributed by atoms with Gasteiger partial charge in [-0.1, -0.05) is 62.8 Å². The minimum atomic E-state index is -0.0333. The summed E-state index contributed by atoms with van der Waals surface area (Å²) in [7, 11) is 4.06. The summed E-state index contributed by atoms with van der Waals surface area (Å²) < 4.78 is 6.06. The van der Waals surface area contributed by atoms with E-state index in [4.69, 9.17) is 9.73 Å². The molecule has 5 nitrogen and oxygen atoms in total. The molecule has 31 heavy (non-hydrogen) atoms. The van der Waals surface area contributed by atoms with Gasteiger partial charge in [0.15, 0.2) is 5.76 Å². The molecule has 1 aromatic rings. The van der Waals surface area contributed by atoms with Crippen LogP contribution >= 0.6 is 0 Å². The fourth-order valence-electron chi connectivity index (χ4n) is 4.75. The second kappa shape index (κ2) is 10.2. The number of ether oxygens (including phenoxy) is 1. The van der Waals surface area contributed by atoms with E-state index in [-0.39, 0.29) is 18.0 Å². The number of hydrogen-bond acceptors (Lipinski definition) is 4. The number of benzene rings is 1. The molecule has 3 fully saturated rings. The van der Waals surface area contributed by atoms with Crippen LogP contribution in [-0.2, 0) is 9.53 Å². The quantitative estimate of drug-likeness (QED) is 0.587. The molecule has 2 aliphatic carbocycles. The van der Waals surface area contributed by atoms with E-state index >= 15 is 0 Å². The van der Waals surface area contributed by atoms with Crippen LogP contribution in [0.4, 0.5) is 5.69 Å². The first kappa shape index (κ1) is 21.7. The molecule has 1 aliphatic heterocycles. The number of carbonyl (C=O) groups is 1. The van der Waals surface area contributed by atoms with Crippen molar-refractivity contribution in [3.05, 3.63) is 47.7 Å². The van der Waals surface area contributed by atoms with Gasteiger partial charge in [-0.3, -0.25) is 9.69 Å². The summed E-state index contributed by atoms with van der Waals surface area (Å²) in [6.45, 7) is 0. The van der Waals surface area contributed by atoms with Crippen LogP contribution in [0, 0.1) is 0 Å². The lowest BCUT2D eigenvalue weighted by Gasteiger charge is -2.29. The van der Waals surface area contributed by atoms with Gasteiger partial charge >= 0.3 is 6.02 Å². The smallest absolute Gasteiger partial charge is 0.300 e. The second-order valence-electron chi connectivity index (χ2n) is 9.15. The average molecular weight is 422 g/mol. The monoisotopic (exact) mass is 421 g/mol. The molecule has 0 bridgehead atoms. The SMILES string of the molecule is CN(C)c1ccc(/C=C/C=C2\OC(=NC3CCCCC3)N(C3CCCCC3)C2=O)cc1. The van der Waals surface area contributed by atoms with Crippen LogP contribution in [0.15, 0.2) is 47.2 Å². The molecule has 0 spiro atoms. The van der Waals surface area contributed by atoms with Crippen LogP contribution in [-0.4, -0.2) is 43.0 Å². The Balaban J connectivity index is 1.51. The number of amidine groups is 1. The molecule has 1 saturated heterocycles. The zero-order chi connectivity index (χ0) is 21.6. The molecule has 4 rings (SSSR count). The molecule has 1 heterocycles. The fourth-order valence-corrected chi connectivity index (χ4v) is 4.75. The summed E-state index contributed by atoms with van der Waals surface area (Å²) in [6.07, 6.45) is 17.3. The van der Waals surface area contributed by atoms with Gasteiger partial charge < -0.3 is 9.64 Å². The topological polar surface area (TPSA) is 45.1 Å². The van der Waals surface area contributed by atoms with Crippen molar-refractivity contribution in [1.82, 2.24) is 4.90 Å². The minimum absolute atomic E-state index is 0.0333. The Morgan fingerprint density at radius 2 is 1.61 bits per heavy atom. The molecule has 3 aliphatic rings. The Morgan fingerprint density at radius 1 is 0.968 bits per heavy atom. The molecule has 0 N–H and O–H groups in total. The number of hydrogen-bond donors (Lipinski definition) is 0. The van der Waals surface area contributed by atoms with Gasteiger partial charge in [-0.05, 0) is 49.5 Å². The Hall–Kier alpha value is -2.56. The van der Waals surface area contributed by atoms with Gasteiger partial charge in [-0.2, -0.15) is 0 Å². The van der Waals surface area contributed by atoms with Crippen molar-refractivity contribution in [2.45, 2.75) is 76.3 Å². The Kier molecular flexibility index (Phi) is 7.10. The lowest BCUT2D eigenvalue weighted by atomic mass is 9.94. The standard InChI is InChI=1S/C26H35N3O2/c1-28(2)22-18-16-20(17-19-22)10-9-15-24-25(30)29(23-13-7-4-8-14-23)26(31-24)27-21-11-5-3-6-12-21/h9-10,15-19,21,23H,3-8,11-14H2,1-2H3/b10-9+,24-15-,27-26?. The third-order valence-electron chi connectivity index (χ3n) is 6.59. The highest BCUT2D eigenvalue weighted by Gasteiger charge is 2.40. The van der Waals surface area contributed by atoms with E-state index in [1.807, 2.05) is 31.1 Å². The molecular formula is C26H35N3O2. The zero-order valence-corrected chi connectivity index (χ0v) is 18.9. The van der Waals surface area contributed by atoms with Crippen LogP contribution in [0.3, 0.4) is 0 Å². The highest BCUT2D eigenvalue weighted by Crippen LogP contribution is 2.30. The first-order valence-electron chi connectivity index (χ1n) is 11.9. The third kappa shape index (κ3) is 5.38. The molecule has 2 saturated carbocycles. The summed E-state index contributed by atoms with van der Waals surface area (Å²) >= 11 is 0. The predicted octanol–water partition coefficient (Wildman–Crippen LogP) is 5.53. The molecular weight excluding hydrogens is 386 g/mol. The first-order valence-corrected chi connectivity index (χ1v) is 11.9. The summed E-state index contributed by atoms with van der Waals surface area (Å²) in [5, 5.41) is 0. The number of aliphatic imine (C=N–C) groups is 1. The van der Waals surface area contributed by atoms with Crippen LogP contribution in [0.5, 0.6) is 0 Å². The number of carbonyl (C=O) groups excluding carboxylic acids is 1. The highest BCUT2D eigenvalue weighted by atomic mass is 16.5. The van der Waals surface area contributed by atoms with E-state index in [2.05, 4.69) is 29.2 Å². The number of allylic oxidation sites excluding steroid dienone is 2. The van der Waals surface area contributed by atoms with Gasteiger partial charge in [-0.15, -0.1) is 0 Å². The Morgan fingerprint density at radius 3 is 2.26 bits per heavy atom. The third-order valence-corrected chi connectivity index (χ3v) is 6.59. The van der Waals surface area contributed by atoms with Crippen molar-refractivity contribution in [3.63, 3.8) is 0 Å². The summed E-state index contributed by atoms with van der Waals surface area (Å²) in [5.41, 5.74) is 2.25. The highest BCUT2D eigenvalue weighted by molar-refractivity contribution is 6.09. The van der Waals surface area contributed by atoms with E-state index in [9.17, 15) is 4.79 Å². The minimum Gasteiger partial charge on any atom is -0.420 e. The molecule has 0 aromatic heterocycles. The van der Waals surface area contributed by atoms with Gasteiger partial charge in [0.2, 0.25) is 0 Å². The molecule has 0 radical (unpaired) electrons. The van der Waals surface area contributed by atoms with Crippen molar-refractivity contribution < 1.29 is 9.53 Å². The Bertz CT molecular complexity index is 842. The van der Waals surface area contributed by atoms with Crippen molar-refractivity contribution in [1.29, 1.82) is 0 Å². The lowest BCUT2D eigenvalue weighted by Crippen LogP contribution is -2.41. The van der Waals surface area contributed by atoms with Crippen molar-refractivity contribution >= 4 is 23.7 Å². The van der Waals surface area contributed by atoms with Crippen LogP contribution in [0.1, 0.15) is 69.8 Å². The van der Waals surface area contributed by atoms with Gasteiger partial charge in [0, 0.05) is 25.8 Å². The first-order chi connectivity index (χ1) is 15.1. The van der Waals surface area contributed by atoms with E-state index < -0.39 is 0 Å². The van der Waals surface area contributed by atoms with Crippen LogP contribution in [0.2, 0.25) is 0 Å². The summed E-state index contributed by atoms with van der Waals surface area (Å²) in [5.74, 6) is 0.357. The molecule has 0 unspecified atom stereocenters. The summed E-state index contributed by atoms with van der Waals surface area (Å²) in [4.78, 5) is 22.1. The normalized spacial score (nSPS) is 23.8. The maximum absolute atomic E-state index is 13.2. The van der Waals surface area contributed by atoms with Gasteiger partial charge in [0.1, 0.15) is 0 Å². The zero-order valence-electron chi connectivity index (χ0n) is 18.9. The molecule has 0 atom stereocenters. The predicted molar refractivity (Wildman–Crippen MR) is 127 cm³/mol. The van der Waals surface area contributed by atoms with Crippen molar-refractivity contribution in [2.75, 3.05) is 19.0 Å². The lowest BCUT2D eigenvalue weighted by molar-refractivity contribution is -0.124. The van der Waals surface area contributed by atoms with E-state index in [0.717, 1.165) is 36.9 Å². The molecule has 166 valence electrons. The van der Waals surface area contributed by atoms with Gasteiger partial charge in [-0.25, -0.2) is 4.99 Å². The largest absolute Gasteiger partial charge is 0.420 e. The number of anilines is 1. The number of rotatable bonds is 5. The number of nitrogens with zero attached hydrogens (tertiary/aromatic N) is 3. The van der Waals surface area contributed by atoms with Crippen LogP contribution in [0.25, 0.3) is 6.08 Å². The maximum Gasteiger partial charge on any atom is 0.300 e. The average Bonchev–Trinajstić information content (AvgIpc) is 3.10. The van der Waals surface area contributed by atoms with Crippen molar-refractivity contribution in [2.24, 2.45) is 4.99 Å². The fraction of sp³-hybridized carbons (Fsp3) is 0.538. The molecule has 5 heteroatoms. The van der Waals surface area contributed by atoms with E-state index in [1.165, 1.54) is 38.5 Å². The summed E-state index contributed by atoms with van der Waals surface area (Å²) in [6, 6.07) is 9.37. The molecule has 1 aromatic carbocycles. The Labute approximate surface area is 186 Å². The van der Waals surface area contributed by atoms with Gasteiger partial charge in [0.25, 0.3) is 5.91 Å². The van der Waals surface area contributed by atoms with E-state index in [0.29, 0.717) is 11.8 Å². The second-order valence-corrected chi connectivity index (χ2v) is 9.15. The van der Waals surface area contributed by atoms with Crippen molar-refractivity contribution in [3.8, 4) is 0 Å². The molecule has 1 amide bonds. The van der Waals surface area contributed by atoms with Crippen LogP contribution < -0.4 is 4.90 Å². The van der Waals surface area contributed by atoms with Gasteiger partial charge in [0.05, 0.1) is 6.04 Å². The maximum atomic E-state index is 13.2.